The number of hydrogen-bond donors (Lipinski definition) is 1. The van der Waals surface area contributed by atoms with E-state index in [1.165, 1.54) is 37.8 Å². The fourth-order valence-electron chi connectivity index (χ4n) is 3.67. The number of likely N-dealkylation sites (N-methyl/N-ethyl adjacent to an activating group) is 1. The molecular weight excluding hydrogens is 266 g/mol. The molecule has 4 heteroatoms. The van der Waals surface area contributed by atoms with Crippen molar-refractivity contribution in [1.29, 1.82) is 0 Å². The van der Waals surface area contributed by atoms with Gasteiger partial charge >= 0.3 is 0 Å². The van der Waals surface area contributed by atoms with Crippen LogP contribution in [0.1, 0.15) is 44.7 Å². The quantitative estimate of drug-likeness (QED) is 0.909. The van der Waals surface area contributed by atoms with Crippen molar-refractivity contribution in [3.63, 3.8) is 0 Å². The van der Waals surface area contributed by atoms with Crippen molar-refractivity contribution in [2.24, 2.45) is 11.8 Å². The number of imidazole rings is 1. The lowest BCUT2D eigenvalue weighted by atomic mass is 9.76. The molecule has 1 saturated carbocycles. The van der Waals surface area contributed by atoms with Gasteiger partial charge in [0.2, 0.25) is 0 Å². The second-order valence-corrected chi connectivity index (χ2v) is 7.00. The van der Waals surface area contributed by atoms with E-state index >= 15 is 0 Å². The molecule has 1 aliphatic rings. The molecule has 1 aliphatic carbocycles. The molecular formula is C16H25N3S. The second kappa shape index (κ2) is 6.27. The maximum absolute atomic E-state index is 4.74. The third kappa shape index (κ3) is 2.91. The molecule has 0 spiro atoms. The molecule has 1 N–H and O–H groups in total. The molecule has 2 aromatic rings. The number of aromatic nitrogens is 2. The van der Waals surface area contributed by atoms with E-state index in [-0.39, 0.29) is 0 Å². The highest BCUT2D eigenvalue weighted by molar-refractivity contribution is 7.15. The van der Waals surface area contributed by atoms with Crippen LogP contribution in [-0.4, -0.2) is 22.5 Å². The van der Waals surface area contributed by atoms with Crippen molar-refractivity contribution >= 4 is 16.3 Å². The van der Waals surface area contributed by atoms with E-state index in [2.05, 4.69) is 41.5 Å². The standard InChI is InChI=1S/C16H25N3S/c1-3-12-5-4-6-13(9-12)15(17-2)10-14-11-19-7-8-20-16(19)18-14/h7-8,11-13,15,17H,3-6,9-10H2,1-2H3. The minimum absolute atomic E-state index is 0.578. The molecule has 3 nitrogen and oxygen atoms in total. The monoisotopic (exact) mass is 291 g/mol. The van der Waals surface area contributed by atoms with Crippen LogP contribution in [0.2, 0.25) is 0 Å². The molecule has 0 amide bonds. The van der Waals surface area contributed by atoms with Crippen molar-refractivity contribution in [2.45, 2.75) is 51.5 Å². The maximum atomic E-state index is 4.74. The molecule has 20 heavy (non-hydrogen) atoms. The normalized spacial score (nSPS) is 25.1. The Bertz CT molecular complexity index is 516. The predicted octanol–water partition coefficient (Wildman–Crippen LogP) is 3.74. The second-order valence-electron chi connectivity index (χ2n) is 6.13. The van der Waals surface area contributed by atoms with Crippen LogP contribution in [0.15, 0.2) is 17.8 Å². The number of thiazole rings is 1. The molecule has 0 aliphatic heterocycles. The van der Waals surface area contributed by atoms with Gasteiger partial charge in [-0.05, 0) is 31.7 Å². The van der Waals surface area contributed by atoms with E-state index in [4.69, 9.17) is 4.98 Å². The first-order valence-corrected chi connectivity index (χ1v) is 8.76. The number of hydrogen-bond acceptors (Lipinski definition) is 3. The van der Waals surface area contributed by atoms with Crippen molar-refractivity contribution in [1.82, 2.24) is 14.7 Å². The SMILES string of the molecule is CCC1CCCC(C(Cc2cn3ccsc3n2)NC)C1. The Balaban J connectivity index is 1.68. The van der Waals surface area contributed by atoms with E-state index < -0.39 is 0 Å². The Labute approximate surface area is 125 Å². The number of fused-ring (bicyclic) bond motifs is 1. The lowest BCUT2D eigenvalue weighted by Gasteiger charge is -2.34. The molecule has 0 bridgehead atoms. The van der Waals surface area contributed by atoms with Crippen molar-refractivity contribution < 1.29 is 0 Å². The Morgan fingerprint density at radius 1 is 1.50 bits per heavy atom. The summed E-state index contributed by atoms with van der Waals surface area (Å²) in [5, 5.41) is 5.65. The van der Waals surface area contributed by atoms with Gasteiger partial charge in [-0.1, -0.05) is 26.2 Å². The summed E-state index contributed by atoms with van der Waals surface area (Å²) in [5.41, 5.74) is 1.23. The average molecular weight is 291 g/mol. The molecule has 3 atom stereocenters. The van der Waals surface area contributed by atoms with Crippen molar-refractivity contribution in [3.05, 3.63) is 23.5 Å². The Morgan fingerprint density at radius 2 is 2.40 bits per heavy atom. The highest BCUT2D eigenvalue weighted by atomic mass is 32.1. The summed E-state index contributed by atoms with van der Waals surface area (Å²) in [5.74, 6) is 1.76. The first-order chi connectivity index (χ1) is 9.80. The molecule has 0 saturated heterocycles. The van der Waals surface area contributed by atoms with Gasteiger partial charge in [0, 0.05) is 30.2 Å². The first kappa shape index (κ1) is 14.1. The number of nitrogens with one attached hydrogen (secondary N) is 1. The van der Waals surface area contributed by atoms with E-state index in [9.17, 15) is 0 Å². The zero-order valence-corrected chi connectivity index (χ0v) is 13.3. The van der Waals surface area contributed by atoms with Crippen LogP contribution in [0.5, 0.6) is 0 Å². The van der Waals surface area contributed by atoms with E-state index in [0.29, 0.717) is 6.04 Å². The Kier molecular flexibility index (Phi) is 4.41. The van der Waals surface area contributed by atoms with Gasteiger partial charge < -0.3 is 5.32 Å². The van der Waals surface area contributed by atoms with Gasteiger partial charge in [0.15, 0.2) is 4.96 Å². The zero-order chi connectivity index (χ0) is 13.9. The van der Waals surface area contributed by atoms with Crippen LogP contribution in [0.3, 0.4) is 0 Å². The van der Waals surface area contributed by atoms with Crippen LogP contribution in [0.25, 0.3) is 4.96 Å². The van der Waals surface area contributed by atoms with Crippen LogP contribution in [0.4, 0.5) is 0 Å². The minimum Gasteiger partial charge on any atom is -0.316 e. The summed E-state index contributed by atoms with van der Waals surface area (Å²) in [6.45, 7) is 2.34. The third-order valence-corrected chi connectivity index (χ3v) is 5.68. The minimum atomic E-state index is 0.578. The van der Waals surface area contributed by atoms with Gasteiger partial charge in [0.1, 0.15) is 0 Å². The van der Waals surface area contributed by atoms with Gasteiger partial charge in [-0.25, -0.2) is 4.98 Å². The molecule has 0 radical (unpaired) electrons. The largest absolute Gasteiger partial charge is 0.316 e. The third-order valence-electron chi connectivity index (χ3n) is 4.91. The Morgan fingerprint density at radius 3 is 3.15 bits per heavy atom. The molecule has 0 aromatic carbocycles. The maximum Gasteiger partial charge on any atom is 0.193 e. The van der Waals surface area contributed by atoms with Crippen LogP contribution < -0.4 is 5.32 Å². The summed E-state index contributed by atoms with van der Waals surface area (Å²) in [6.07, 6.45) is 12.3. The molecule has 2 heterocycles. The van der Waals surface area contributed by atoms with Gasteiger partial charge in [-0.15, -0.1) is 11.3 Å². The molecule has 2 aromatic heterocycles. The molecule has 3 rings (SSSR count). The van der Waals surface area contributed by atoms with Crippen molar-refractivity contribution in [3.8, 4) is 0 Å². The fraction of sp³-hybridized carbons (Fsp3) is 0.688. The summed E-state index contributed by atoms with van der Waals surface area (Å²) >= 11 is 1.71. The molecule has 1 fully saturated rings. The van der Waals surface area contributed by atoms with Gasteiger partial charge in [-0.2, -0.15) is 0 Å². The zero-order valence-electron chi connectivity index (χ0n) is 12.5. The molecule has 3 unspecified atom stereocenters. The fourth-order valence-corrected chi connectivity index (χ4v) is 4.39. The van der Waals surface area contributed by atoms with Crippen LogP contribution >= 0.6 is 11.3 Å². The number of rotatable bonds is 5. The highest BCUT2D eigenvalue weighted by Gasteiger charge is 2.27. The molecule has 110 valence electrons. The average Bonchev–Trinajstić information content (AvgIpc) is 3.05. The predicted molar refractivity (Wildman–Crippen MR) is 85.4 cm³/mol. The van der Waals surface area contributed by atoms with Gasteiger partial charge in [-0.3, -0.25) is 4.40 Å². The smallest absolute Gasteiger partial charge is 0.193 e. The first-order valence-electron chi connectivity index (χ1n) is 7.88. The van der Waals surface area contributed by atoms with E-state index in [1.54, 1.807) is 11.3 Å². The lowest BCUT2D eigenvalue weighted by molar-refractivity contribution is 0.212. The summed E-state index contributed by atoms with van der Waals surface area (Å²) in [6, 6.07) is 0.578. The van der Waals surface area contributed by atoms with Crippen molar-refractivity contribution in [2.75, 3.05) is 7.05 Å². The van der Waals surface area contributed by atoms with Gasteiger partial charge in [0.25, 0.3) is 0 Å². The number of nitrogens with zero attached hydrogens (tertiary/aromatic N) is 2. The van der Waals surface area contributed by atoms with Crippen LogP contribution in [0, 0.1) is 11.8 Å². The highest BCUT2D eigenvalue weighted by Crippen LogP contribution is 2.33. The van der Waals surface area contributed by atoms with Gasteiger partial charge in [0.05, 0.1) is 5.69 Å². The van der Waals surface area contributed by atoms with E-state index in [1.807, 2.05) is 0 Å². The van der Waals surface area contributed by atoms with E-state index in [0.717, 1.165) is 23.2 Å². The van der Waals surface area contributed by atoms with Crippen LogP contribution in [-0.2, 0) is 6.42 Å². The summed E-state index contributed by atoms with van der Waals surface area (Å²) < 4.78 is 2.14. The lowest BCUT2D eigenvalue weighted by Crippen LogP contribution is -2.38. The Hall–Kier alpha value is -0.870. The summed E-state index contributed by atoms with van der Waals surface area (Å²) in [7, 11) is 2.11. The summed E-state index contributed by atoms with van der Waals surface area (Å²) in [4.78, 5) is 5.85. The topological polar surface area (TPSA) is 29.3 Å².